The first-order chi connectivity index (χ1) is 12.3. The van der Waals surface area contributed by atoms with Crippen LogP contribution in [0.4, 0.5) is 4.79 Å². The second-order valence-corrected chi connectivity index (χ2v) is 5.74. The predicted molar refractivity (Wildman–Crippen MR) is 95.2 cm³/mol. The molecule has 0 aliphatic rings. The van der Waals surface area contributed by atoms with E-state index >= 15 is 0 Å². The van der Waals surface area contributed by atoms with Crippen molar-refractivity contribution in [2.24, 2.45) is 0 Å². The number of hydrogen-bond acceptors (Lipinski definition) is 3. The van der Waals surface area contributed by atoms with E-state index in [0.717, 1.165) is 18.6 Å². The fourth-order valence-electron chi connectivity index (χ4n) is 2.66. The molecule has 0 aliphatic carbocycles. The lowest BCUT2D eigenvalue weighted by Gasteiger charge is -2.16. The van der Waals surface area contributed by atoms with Crippen molar-refractivity contribution in [1.29, 1.82) is 0 Å². The van der Waals surface area contributed by atoms with Crippen LogP contribution in [-0.4, -0.2) is 28.9 Å². The molecule has 0 radical (unpaired) electrons. The van der Waals surface area contributed by atoms with Gasteiger partial charge in [0.15, 0.2) is 0 Å². The lowest BCUT2D eigenvalue weighted by Crippen LogP contribution is -2.39. The summed E-state index contributed by atoms with van der Waals surface area (Å²) >= 11 is 0. The Morgan fingerprint density at radius 3 is 2.72 bits per heavy atom. The zero-order chi connectivity index (χ0) is 17.3. The number of aromatic nitrogens is 2. The van der Waals surface area contributed by atoms with Gasteiger partial charge >= 0.3 is 6.03 Å². The molecule has 0 saturated carbocycles. The first-order valence-electron chi connectivity index (χ1n) is 8.41. The summed E-state index contributed by atoms with van der Waals surface area (Å²) in [6.45, 7) is 1.04. The molecule has 2 N–H and O–H groups in total. The van der Waals surface area contributed by atoms with E-state index in [4.69, 9.17) is 4.42 Å². The fourth-order valence-corrected chi connectivity index (χ4v) is 2.66. The van der Waals surface area contributed by atoms with Gasteiger partial charge in [-0.1, -0.05) is 30.3 Å². The van der Waals surface area contributed by atoms with Gasteiger partial charge in [0, 0.05) is 25.5 Å². The van der Waals surface area contributed by atoms with Crippen LogP contribution in [0.5, 0.6) is 0 Å². The number of nitrogens with one attached hydrogen (secondary N) is 2. The number of furan rings is 1. The second kappa shape index (κ2) is 8.73. The summed E-state index contributed by atoms with van der Waals surface area (Å²) in [6, 6.07) is 15.5. The summed E-state index contributed by atoms with van der Waals surface area (Å²) in [5.41, 5.74) is 1.28. The van der Waals surface area contributed by atoms with Gasteiger partial charge in [0.1, 0.15) is 11.8 Å². The summed E-state index contributed by atoms with van der Waals surface area (Å²) < 4.78 is 7.24. The van der Waals surface area contributed by atoms with E-state index in [9.17, 15) is 4.79 Å². The van der Waals surface area contributed by atoms with Gasteiger partial charge in [-0.15, -0.1) is 0 Å². The van der Waals surface area contributed by atoms with E-state index < -0.39 is 0 Å². The molecular weight excluding hydrogens is 316 g/mol. The highest BCUT2D eigenvalue weighted by atomic mass is 16.3. The molecule has 1 atom stereocenters. The second-order valence-electron chi connectivity index (χ2n) is 5.74. The van der Waals surface area contributed by atoms with Gasteiger partial charge in [-0.2, -0.15) is 5.10 Å². The van der Waals surface area contributed by atoms with Crippen LogP contribution in [0.3, 0.4) is 0 Å². The van der Waals surface area contributed by atoms with Gasteiger partial charge in [0.2, 0.25) is 0 Å². The standard InChI is InChI=1S/C19H22N4O2/c24-19(20-11-4-9-16-7-2-1-3-8-16)21-15-17(18-10-5-14-25-18)23-13-6-12-22-23/h1-3,5-8,10,12-14,17H,4,9,11,15H2,(H2,20,21,24). The highest BCUT2D eigenvalue weighted by molar-refractivity contribution is 5.73. The number of rotatable bonds is 8. The molecular formula is C19H22N4O2. The Labute approximate surface area is 146 Å². The third-order valence-corrected chi connectivity index (χ3v) is 3.94. The maximum Gasteiger partial charge on any atom is 0.314 e. The number of carbonyl (C=O) groups excluding carboxylic acids is 1. The highest BCUT2D eigenvalue weighted by Crippen LogP contribution is 2.16. The van der Waals surface area contributed by atoms with Gasteiger partial charge < -0.3 is 15.1 Å². The Bertz CT molecular complexity index is 705. The molecule has 0 aliphatic heterocycles. The van der Waals surface area contributed by atoms with Gasteiger partial charge in [-0.25, -0.2) is 4.79 Å². The van der Waals surface area contributed by atoms with Crippen molar-refractivity contribution < 1.29 is 9.21 Å². The number of nitrogens with zero attached hydrogens (tertiary/aromatic N) is 2. The lowest BCUT2D eigenvalue weighted by atomic mass is 10.1. The van der Waals surface area contributed by atoms with Crippen LogP contribution in [0.25, 0.3) is 0 Å². The van der Waals surface area contributed by atoms with Crippen molar-refractivity contribution in [3.8, 4) is 0 Å². The van der Waals surface area contributed by atoms with Crippen LogP contribution >= 0.6 is 0 Å². The van der Waals surface area contributed by atoms with E-state index in [2.05, 4.69) is 27.9 Å². The lowest BCUT2D eigenvalue weighted by molar-refractivity contribution is 0.238. The molecule has 25 heavy (non-hydrogen) atoms. The van der Waals surface area contributed by atoms with Crippen molar-refractivity contribution >= 4 is 6.03 Å². The maximum absolute atomic E-state index is 12.0. The average molecular weight is 338 g/mol. The molecule has 0 bridgehead atoms. The first-order valence-corrected chi connectivity index (χ1v) is 8.41. The number of hydrogen-bond donors (Lipinski definition) is 2. The van der Waals surface area contributed by atoms with Gasteiger partial charge in [0.05, 0.1) is 6.26 Å². The van der Waals surface area contributed by atoms with Crippen molar-refractivity contribution in [3.05, 3.63) is 78.5 Å². The van der Waals surface area contributed by atoms with Crippen LogP contribution in [0, 0.1) is 0 Å². The normalized spacial score (nSPS) is 11.8. The largest absolute Gasteiger partial charge is 0.467 e. The van der Waals surface area contributed by atoms with Crippen molar-refractivity contribution in [1.82, 2.24) is 20.4 Å². The number of amides is 2. The Kier molecular flexibility index (Phi) is 5.87. The Morgan fingerprint density at radius 1 is 1.12 bits per heavy atom. The van der Waals surface area contributed by atoms with Gasteiger partial charge in [-0.05, 0) is 36.6 Å². The molecule has 1 unspecified atom stereocenters. The van der Waals surface area contributed by atoms with Gasteiger partial charge in [0.25, 0.3) is 0 Å². The topological polar surface area (TPSA) is 72.1 Å². The fraction of sp³-hybridized carbons (Fsp3) is 0.263. The molecule has 6 nitrogen and oxygen atoms in total. The molecule has 130 valence electrons. The van der Waals surface area contributed by atoms with Crippen molar-refractivity contribution in [2.45, 2.75) is 18.9 Å². The van der Waals surface area contributed by atoms with E-state index in [1.54, 1.807) is 17.1 Å². The van der Waals surface area contributed by atoms with E-state index in [0.29, 0.717) is 13.1 Å². The average Bonchev–Trinajstić information content (AvgIpc) is 3.34. The predicted octanol–water partition coefficient (Wildman–Crippen LogP) is 3.00. The SMILES string of the molecule is O=C(NCCCc1ccccc1)NCC(c1ccco1)n1cccn1. The minimum absolute atomic E-state index is 0.167. The molecule has 3 aromatic rings. The summed E-state index contributed by atoms with van der Waals surface area (Å²) in [4.78, 5) is 12.0. The smallest absolute Gasteiger partial charge is 0.314 e. The summed E-state index contributed by atoms with van der Waals surface area (Å²) in [7, 11) is 0. The molecule has 6 heteroatoms. The van der Waals surface area contributed by atoms with Crippen LogP contribution in [0.15, 0.2) is 71.6 Å². The molecule has 2 amide bonds. The third kappa shape index (κ3) is 4.97. The highest BCUT2D eigenvalue weighted by Gasteiger charge is 2.17. The quantitative estimate of drug-likeness (QED) is 0.620. The third-order valence-electron chi connectivity index (χ3n) is 3.94. The number of benzene rings is 1. The van der Waals surface area contributed by atoms with Crippen LogP contribution in [0.2, 0.25) is 0 Å². The molecule has 2 aromatic heterocycles. The zero-order valence-electron chi connectivity index (χ0n) is 14.0. The van der Waals surface area contributed by atoms with E-state index in [1.165, 1.54) is 5.56 Å². The number of carbonyl (C=O) groups is 1. The monoisotopic (exact) mass is 338 g/mol. The van der Waals surface area contributed by atoms with E-state index in [-0.39, 0.29) is 12.1 Å². The first kappa shape index (κ1) is 16.8. The summed E-state index contributed by atoms with van der Waals surface area (Å²) in [5.74, 6) is 0.757. The summed E-state index contributed by atoms with van der Waals surface area (Å²) in [6.07, 6.45) is 7.03. The van der Waals surface area contributed by atoms with Crippen LogP contribution in [-0.2, 0) is 6.42 Å². The van der Waals surface area contributed by atoms with Crippen LogP contribution < -0.4 is 10.6 Å². The summed E-state index contributed by atoms with van der Waals surface area (Å²) in [5, 5.41) is 10.0. The number of aryl methyl sites for hydroxylation is 1. The Morgan fingerprint density at radius 2 is 2.00 bits per heavy atom. The molecule has 3 rings (SSSR count). The Hall–Kier alpha value is -3.02. The minimum Gasteiger partial charge on any atom is -0.467 e. The van der Waals surface area contributed by atoms with Crippen molar-refractivity contribution in [2.75, 3.05) is 13.1 Å². The molecule has 0 saturated heterocycles. The molecule has 0 fully saturated rings. The maximum atomic E-state index is 12.0. The number of urea groups is 1. The Balaban J connectivity index is 1.43. The molecule has 0 spiro atoms. The van der Waals surface area contributed by atoms with Crippen molar-refractivity contribution in [3.63, 3.8) is 0 Å². The van der Waals surface area contributed by atoms with Gasteiger partial charge in [-0.3, -0.25) is 4.68 Å². The minimum atomic E-state index is -0.184. The molecule has 2 heterocycles. The molecule has 1 aromatic carbocycles. The zero-order valence-corrected chi connectivity index (χ0v) is 14.0. The van der Waals surface area contributed by atoms with Crippen LogP contribution in [0.1, 0.15) is 23.8 Å². The van der Waals surface area contributed by atoms with E-state index in [1.807, 2.05) is 42.6 Å².